The normalized spacial score (nSPS) is 15.8. The Hall–Kier alpha value is -2.70. The van der Waals surface area contributed by atoms with Gasteiger partial charge in [0.2, 0.25) is 11.8 Å². The number of benzene rings is 2. The predicted octanol–water partition coefficient (Wildman–Crippen LogP) is 5.31. The molecule has 2 N–H and O–H groups in total. The molecular formula is C29H44N4O2. The van der Waals surface area contributed by atoms with E-state index in [0.29, 0.717) is 6.54 Å². The summed E-state index contributed by atoms with van der Waals surface area (Å²) in [6, 6.07) is 12.1. The largest absolute Gasteiger partial charge is 0.324 e. The maximum atomic E-state index is 12.3. The van der Waals surface area contributed by atoms with Crippen LogP contribution in [0.25, 0.3) is 0 Å². The highest BCUT2D eigenvalue weighted by atomic mass is 16.2. The number of likely N-dealkylation sites (N-methyl/N-ethyl adjacent to an activating group) is 2. The Labute approximate surface area is 212 Å². The van der Waals surface area contributed by atoms with Gasteiger partial charge in [-0.05, 0) is 89.5 Å². The van der Waals surface area contributed by atoms with Crippen LogP contribution in [0.15, 0.2) is 36.4 Å². The average Bonchev–Trinajstić information content (AvgIpc) is 2.83. The van der Waals surface area contributed by atoms with E-state index in [9.17, 15) is 9.59 Å². The second kappa shape index (κ2) is 14.0. The van der Waals surface area contributed by atoms with Crippen LogP contribution in [-0.2, 0) is 9.59 Å². The zero-order valence-corrected chi connectivity index (χ0v) is 22.7. The van der Waals surface area contributed by atoms with Crippen LogP contribution in [0.2, 0.25) is 0 Å². The SMILES string of the molecule is CCN(CC)CC(=O)Nc1c(C)cccc1C.Cc1cccc(C)c1NC(=O)C1CCCCN1C. The molecule has 192 valence electrons. The lowest BCUT2D eigenvalue weighted by Crippen LogP contribution is -2.44. The zero-order valence-electron chi connectivity index (χ0n) is 22.7. The lowest BCUT2D eigenvalue weighted by Gasteiger charge is -2.31. The van der Waals surface area contributed by atoms with Gasteiger partial charge in [-0.1, -0.05) is 56.7 Å². The number of piperidine rings is 1. The fourth-order valence-corrected chi connectivity index (χ4v) is 4.47. The summed E-state index contributed by atoms with van der Waals surface area (Å²) in [6.07, 6.45) is 3.31. The maximum absolute atomic E-state index is 12.3. The molecule has 6 nitrogen and oxygen atoms in total. The van der Waals surface area contributed by atoms with E-state index in [0.717, 1.165) is 66.1 Å². The minimum Gasteiger partial charge on any atom is -0.324 e. The summed E-state index contributed by atoms with van der Waals surface area (Å²) in [5.41, 5.74) is 6.39. The zero-order chi connectivity index (χ0) is 26.0. The third-order valence-electron chi connectivity index (χ3n) is 6.81. The van der Waals surface area contributed by atoms with Crippen LogP contribution in [0.4, 0.5) is 11.4 Å². The molecule has 1 saturated heterocycles. The molecule has 1 aliphatic rings. The first-order chi connectivity index (χ1) is 16.7. The smallest absolute Gasteiger partial charge is 0.241 e. The fraction of sp³-hybridized carbons (Fsp3) is 0.517. The number of aryl methyl sites for hydroxylation is 4. The summed E-state index contributed by atoms with van der Waals surface area (Å²) in [4.78, 5) is 28.5. The third-order valence-corrected chi connectivity index (χ3v) is 6.81. The molecule has 35 heavy (non-hydrogen) atoms. The first kappa shape index (κ1) is 28.5. The first-order valence-corrected chi connectivity index (χ1v) is 12.8. The summed E-state index contributed by atoms with van der Waals surface area (Å²) < 4.78 is 0. The van der Waals surface area contributed by atoms with Crippen LogP contribution in [0.1, 0.15) is 55.4 Å². The number of anilines is 2. The summed E-state index contributed by atoms with van der Waals surface area (Å²) in [5.74, 6) is 0.195. The van der Waals surface area contributed by atoms with Gasteiger partial charge in [0, 0.05) is 11.4 Å². The molecule has 1 fully saturated rings. The third kappa shape index (κ3) is 8.48. The van der Waals surface area contributed by atoms with Crippen LogP contribution in [0.3, 0.4) is 0 Å². The Morgan fingerprint density at radius 1 is 0.857 bits per heavy atom. The number of nitrogens with zero attached hydrogens (tertiary/aromatic N) is 2. The summed E-state index contributed by atoms with van der Waals surface area (Å²) in [6.45, 7) is 15.5. The van der Waals surface area contributed by atoms with Crippen molar-refractivity contribution < 1.29 is 9.59 Å². The number of rotatable bonds is 7. The number of nitrogens with one attached hydrogen (secondary N) is 2. The van der Waals surface area contributed by atoms with Gasteiger partial charge in [0.15, 0.2) is 0 Å². The molecule has 0 radical (unpaired) electrons. The Kier molecular flexibility index (Phi) is 11.4. The minimum atomic E-state index is 0.0257. The Bertz CT molecular complexity index is 944. The van der Waals surface area contributed by atoms with Crippen molar-refractivity contribution in [1.29, 1.82) is 0 Å². The Morgan fingerprint density at radius 3 is 1.80 bits per heavy atom. The second-order valence-corrected chi connectivity index (χ2v) is 9.52. The van der Waals surface area contributed by atoms with Crippen LogP contribution in [0, 0.1) is 27.7 Å². The Balaban J connectivity index is 0.000000247. The van der Waals surface area contributed by atoms with E-state index in [1.54, 1.807) is 0 Å². The van der Waals surface area contributed by atoms with Crippen molar-refractivity contribution in [3.8, 4) is 0 Å². The van der Waals surface area contributed by atoms with Crippen molar-refractivity contribution in [2.45, 2.75) is 66.8 Å². The maximum Gasteiger partial charge on any atom is 0.241 e. The minimum absolute atomic E-state index is 0.0257. The van der Waals surface area contributed by atoms with Gasteiger partial charge >= 0.3 is 0 Å². The van der Waals surface area contributed by atoms with Gasteiger partial charge in [-0.2, -0.15) is 0 Å². The number of hydrogen-bond donors (Lipinski definition) is 2. The van der Waals surface area contributed by atoms with E-state index >= 15 is 0 Å². The van der Waals surface area contributed by atoms with Gasteiger partial charge in [0.1, 0.15) is 0 Å². The van der Waals surface area contributed by atoms with Gasteiger partial charge in [0.25, 0.3) is 0 Å². The van der Waals surface area contributed by atoms with E-state index in [-0.39, 0.29) is 17.9 Å². The average molecular weight is 481 g/mol. The lowest BCUT2D eigenvalue weighted by atomic mass is 10.0. The van der Waals surface area contributed by atoms with Crippen molar-refractivity contribution in [2.75, 3.05) is 43.9 Å². The summed E-state index contributed by atoms with van der Waals surface area (Å²) in [5, 5.41) is 6.10. The fourth-order valence-electron chi connectivity index (χ4n) is 4.47. The van der Waals surface area contributed by atoms with Crippen molar-refractivity contribution in [3.05, 3.63) is 58.7 Å². The topological polar surface area (TPSA) is 64.7 Å². The van der Waals surface area contributed by atoms with Crippen molar-refractivity contribution in [3.63, 3.8) is 0 Å². The second-order valence-electron chi connectivity index (χ2n) is 9.52. The molecule has 2 aromatic rings. The molecule has 1 atom stereocenters. The molecule has 0 saturated carbocycles. The molecule has 3 rings (SSSR count). The van der Waals surface area contributed by atoms with E-state index in [2.05, 4.69) is 34.3 Å². The number of carbonyl (C=O) groups excluding carboxylic acids is 2. The van der Waals surface area contributed by atoms with Crippen LogP contribution < -0.4 is 10.6 Å². The molecular weight excluding hydrogens is 436 g/mol. The summed E-state index contributed by atoms with van der Waals surface area (Å²) in [7, 11) is 2.04. The van der Waals surface area contributed by atoms with E-state index in [1.807, 2.05) is 71.1 Å². The molecule has 0 aliphatic carbocycles. The summed E-state index contributed by atoms with van der Waals surface area (Å²) >= 11 is 0. The predicted molar refractivity (Wildman–Crippen MR) is 147 cm³/mol. The molecule has 1 heterocycles. The molecule has 0 spiro atoms. The molecule has 2 aromatic carbocycles. The number of carbonyl (C=O) groups is 2. The number of amides is 2. The highest BCUT2D eigenvalue weighted by Crippen LogP contribution is 2.22. The standard InChI is InChI=1S/C15H22N2O.C14H22N2O/c1-11-7-6-8-12(2)14(11)16-15(18)13-9-4-5-10-17(13)3;1-5-16(6-2)10-13(17)15-14-11(3)8-7-9-12(14)4/h6-8,13H,4-5,9-10H2,1-3H3,(H,16,18);7-9H,5-6,10H2,1-4H3,(H,15,17). The van der Waals surface area contributed by atoms with Crippen LogP contribution in [-0.4, -0.2) is 60.9 Å². The van der Waals surface area contributed by atoms with Crippen LogP contribution >= 0.6 is 0 Å². The number of para-hydroxylation sites is 2. The quantitative estimate of drug-likeness (QED) is 0.564. The van der Waals surface area contributed by atoms with Crippen molar-refractivity contribution in [2.24, 2.45) is 0 Å². The molecule has 6 heteroatoms. The molecule has 0 aromatic heterocycles. The van der Waals surface area contributed by atoms with E-state index in [4.69, 9.17) is 0 Å². The number of likely N-dealkylation sites (tertiary alicyclic amines) is 1. The highest BCUT2D eigenvalue weighted by Gasteiger charge is 2.26. The molecule has 1 unspecified atom stereocenters. The van der Waals surface area contributed by atoms with Crippen LogP contribution in [0.5, 0.6) is 0 Å². The molecule has 0 bridgehead atoms. The lowest BCUT2D eigenvalue weighted by molar-refractivity contribution is -0.121. The van der Waals surface area contributed by atoms with Gasteiger partial charge < -0.3 is 10.6 Å². The van der Waals surface area contributed by atoms with Gasteiger partial charge in [-0.15, -0.1) is 0 Å². The van der Waals surface area contributed by atoms with Crippen molar-refractivity contribution in [1.82, 2.24) is 9.80 Å². The van der Waals surface area contributed by atoms with Gasteiger partial charge in [0.05, 0.1) is 12.6 Å². The molecule has 1 aliphatic heterocycles. The van der Waals surface area contributed by atoms with E-state index < -0.39 is 0 Å². The molecule has 2 amide bonds. The number of hydrogen-bond acceptors (Lipinski definition) is 4. The van der Waals surface area contributed by atoms with Gasteiger partial charge in [-0.25, -0.2) is 0 Å². The monoisotopic (exact) mass is 480 g/mol. The van der Waals surface area contributed by atoms with Gasteiger partial charge in [-0.3, -0.25) is 19.4 Å². The first-order valence-electron chi connectivity index (χ1n) is 12.8. The Morgan fingerprint density at radius 2 is 1.34 bits per heavy atom. The van der Waals surface area contributed by atoms with E-state index in [1.165, 1.54) is 6.42 Å². The highest BCUT2D eigenvalue weighted by molar-refractivity contribution is 5.96. The van der Waals surface area contributed by atoms with Crippen molar-refractivity contribution >= 4 is 23.2 Å².